The third-order valence-electron chi connectivity index (χ3n) is 13.6. The molecule has 3 unspecified atom stereocenters. The number of rotatable bonds is 5. The summed E-state index contributed by atoms with van der Waals surface area (Å²) < 4.78 is 110. The molecule has 14 nitrogen and oxygen atoms in total. The second-order valence-corrected chi connectivity index (χ2v) is 18.2. The van der Waals surface area contributed by atoms with Gasteiger partial charge in [-0.1, -0.05) is 6.07 Å². The standard InChI is InChI=1S/C44H48F6N8O6/c1-41-19-26(45)21-57(22-41)36-30-20-51-34(33(47)35(30)52-38(53-36)63-24-42-10-5-13-58(42)14-6-11-42)29-18-27(17-25-8-9-31(46)28(32(25)29)7-4-16-62-39(60)54-41)64-40(61)56-15-12-43(23-56,44(48,49)50)37(59)55(2)3/h8-9,17-18,20,26H,4-7,10-16,19,21-24H2,1-3H3,(H,54,60). The summed E-state index contributed by atoms with van der Waals surface area (Å²) in [6.07, 6.45) is -4.01. The molecule has 64 heavy (non-hydrogen) atoms. The quantitative estimate of drug-likeness (QED) is 0.208. The fourth-order valence-electron chi connectivity index (χ4n) is 10.5. The van der Waals surface area contributed by atoms with Crippen LogP contribution < -0.4 is 19.7 Å². The number of anilines is 1. The highest BCUT2D eigenvalue weighted by Gasteiger charge is 2.64. The maximum absolute atomic E-state index is 17.6. The van der Waals surface area contributed by atoms with Gasteiger partial charge < -0.3 is 34.2 Å². The van der Waals surface area contributed by atoms with E-state index in [2.05, 4.69) is 20.2 Å². The van der Waals surface area contributed by atoms with Gasteiger partial charge in [-0.25, -0.2) is 22.8 Å². The topological polar surface area (TPSA) is 143 Å². The van der Waals surface area contributed by atoms with Crippen molar-refractivity contribution in [3.63, 3.8) is 0 Å². The zero-order valence-corrected chi connectivity index (χ0v) is 35.6. The number of carbonyl (C=O) groups excluding carboxylic acids is 3. The van der Waals surface area contributed by atoms with Crippen LogP contribution in [-0.2, 0) is 16.0 Å². The summed E-state index contributed by atoms with van der Waals surface area (Å²) in [7, 11) is 2.40. The van der Waals surface area contributed by atoms with Crippen molar-refractivity contribution >= 4 is 45.6 Å². The predicted octanol–water partition coefficient (Wildman–Crippen LogP) is 6.95. The molecule has 342 valence electrons. The average molecular weight is 899 g/mol. The number of piperidine rings is 1. The number of alkyl halides is 4. The van der Waals surface area contributed by atoms with Crippen LogP contribution in [0.15, 0.2) is 30.5 Å². The lowest BCUT2D eigenvalue weighted by Gasteiger charge is -2.42. The fraction of sp³-hybridized carbons (Fsp3) is 0.545. The van der Waals surface area contributed by atoms with E-state index in [0.717, 1.165) is 48.6 Å². The van der Waals surface area contributed by atoms with Gasteiger partial charge in [-0.15, -0.1) is 0 Å². The Bertz CT molecular complexity index is 2540. The fourth-order valence-corrected chi connectivity index (χ4v) is 10.5. The maximum Gasteiger partial charge on any atom is 0.415 e. The Hall–Kier alpha value is -5.66. The number of carbonyl (C=O) groups is 3. The Morgan fingerprint density at radius 3 is 2.53 bits per heavy atom. The molecule has 4 saturated heterocycles. The van der Waals surface area contributed by atoms with Gasteiger partial charge in [-0.2, -0.15) is 23.1 Å². The lowest BCUT2D eigenvalue weighted by atomic mass is 9.84. The SMILES string of the molecule is CN(C)C(=O)C1(C(F)(F)F)CCN(C(=O)Oc2cc3c4c(c(F)ccc4c2)CCCOC(=O)NC2(C)CC(F)CN(C2)c2nc(OCC45CCCN4CCC5)nc4c(F)c-3ncc24)C1. The summed E-state index contributed by atoms with van der Waals surface area (Å²) in [5.74, 6) is -3.00. The van der Waals surface area contributed by atoms with Crippen molar-refractivity contribution in [3.8, 4) is 23.0 Å². The summed E-state index contributed by atoms with van der Waals surface area (Å²) in [5.41, 5.74) is -4.80. The number of halogens is 6. The zero-order valence-electron chi connectivity index (χ0n) is 35.6. The highest BCUT2D eigenvalue weighted by Crippen LogP contribution is 2.47. The van der Waals surface area contributed by atoms with Crippen LogP contribution in [0, 0.1) is 17.0 Å². The minimum atomic E-state index is -4.98. The number of ether oxygens (including phenoxy) is 3. The highest BCUT2D eigenvalue weighted by atomic mass is 19.4. The second-order valence-electron chi connectivity index (χ2n) is 18.2. The van der Waals surface area contributed by atoms with E-state index in [9.17, 15) is 27.6 Å². The molecule has 6 aliphatic rings. The van der Waals surface area contributed by atoms with Crippen LogP contribution in [0.25, 0.3) is 32.9 Å². The third kappa shape index (κ3) is 7.63. The molecule has 3 atom stereocenters. The number of nitrogens with zero attached hydrogens (tertiary/aromatic N) is 7. The second kappa shape index (κ2) is 16.1. The van der Waals surface area contributed by atoms with Crippen LogP contribution in [0.2, 0.25) is 0 Å². The molecular weight excluding hydrogens is 851 g/mol. The van der Waals surface area contributed by atoms with Crippen molar-refractivity contribution in [2.75, 3.05) is 71.5 Å². The van der Waals surface area contributed by atoms with Crippen molar-refractivity contribution in [2.45, 2.75) is 81.7 Å². The van der Waals surface area contributed by atoms with E-state index >= 15 is 13.2 Å². The first kappa shape index (κ1) is 43.6. The molecule has 6 bridgehead atoms. The number of amides is 3. The number of pyridine rings is 1. The summed E-state index contributed by atoms with van der Waals surface area (Å²) in [6, 6.07) is 4.98. The van der Waals surface area contributed by atoms with E-state index in [1.54, 1.807) is 11.8 Å². The van der Waals surface area contributed by atoms with Gasteiger partial charge >= 0.3 is 24.4 Å². The van der Waals surface area contributed by atoms with Crippen molar-refractivity contribution < 1.29 is 54.9 Å². The minimum Gasteiger partial charge on any atom is -0.461 e. The normalized spacial score (nSPS) is 24.8. The van der Waals surface area contributed by atoms with E-state index in [4.69, 9.17) is 19.2 Å². The van der Waals surface area contributed by atoms with E-state index in [1.807, 2.05) is 0 Å². The van der Waals surface area contributed by atoms with Gasteiger partial charge in [0.2, 0.25) is 5.91 Å². The lowest BCUT2D eigenvalue weighted by Crippen LogP contribution is -2.60. The molecule has 4 fully saturated rings. The molecule has 4 aromatic rings. The molecule has 0 spiro atoms. The monoisotopic (exact) mass is 898 g/mol. The summed E-state index contributed by atoms with van der Waals surface area (Å²) in [4.78, 5) is 59.1. The molecule has 2 aromatic heterocycles. The summed E-state index contributed by atoms with van der Waals surface area (Å²) >= 11 is 0. The van der Waals surface area contributed by atoms with Crippen molar-refractivity contribution in [1.29, 1.82) is 0 Å². The largest absolute Gasteiger partial charge is 0.461 e. The first-order valence-corrected chi connectivity index (χ1v) is 21.5. The number of nitrogens with one attached hydrogen (secondary N) is 1. The number of hydrogen-bond donors (Lipinski definition) is 1. The number of aromatic nitrogens is 3. The Morgan fingerprint density at radius 2 is 1.80 bits per heavy atom. The zero-order chi connectivity index (χ0) is 45.3. The number of fused-ring (bicyclic) bond motifs is 7. The third-order valence-corrected chi connectivity index (χ3v) is 13.6. The van der Waals surface area contributed by atoms with Crippen LogP contribution in [0.3, 0.4) is 0 Å². The molecule has 6 aliphatic heterocycles. The van der Waals surface area contributed by atoms with Gasteiger partial charge in [0.05, 0.1) is 29.6 Å². The van der Waals surface area contributed by atoms with E-state index in [1.165, 1.54) is 44.6 Å². The minimum absolute atomic E-state index is 0.0222. The van der Waals surface area contributed by atoms with Crippen LogP contribution in [0.5, 0.6) is 11.8 Å². The van der Waals surface area contributed by atoms with Crippen molar-refractivity contribution in [2.24, 2.45) is 5.41 Å². The molecule has 0 saturated carbocycles. The van der Waals surface area contributed by atoms with Gasteiger partial charge in [0, 0.05) is 51.9 Å². The van der Waals surface area contributed by atoms with Gasteiger partial charge in [-0.3, -0.25) is 14.7 Å². The van der Waals surface area contributed by atoms with E-state index in [-0.39, 0.29) is 107 Å². The first-order valence-electron chi connectivity index (χ1n) is 21.5. The number of hydrogen-bond acceptors (Lipinski definition) is 11. The molecule has 10 rings (SSSR count). The highest BCUT2D eigenvalue weighted by molar-refractivity contribution is 6.02. The molecule has 3 amide bonds. The predicted molar refractivity (Wildman–Crippen MR) is 221 cm³/mol. The number of alkyl carbamates (subject to hydrolysis) is 1. The molecule has 1 N–H and O–H groups in total. The number of aryl methyl sites for hydroxylation is 1. The van der Waals surface area contributed by atoms with Gasteiger partial charge in [-0.05, 0) is 99.5 Å². The van der Waals surface area contributed by atoms with Crippen molar-refractivity contribution in [1.82, 2.24) is 35.0 Å². The Kier molecular flexibility index (Phi) is 11.0. The average Bonchev–Trinajstić information content (AvgIpc) is 3.97. The smallest absolute Gasteiger partial charge is 0.415 e. The van der Waals surface area contributed by atoms with Crippen molar-refractivity contribution in [3.05, 3.63) is 47.7 Å². The first-order chi connectivity index (χ1) is 30.4. The Labute approximate surface area is 364 Å². The van der Waals surface area contributed by atoms with E-state index in [0.29, 0.717) is 0 Å². The van der Waals surface area contributed by atoms with Gasteiger partial charge in [0.1, 0.15) is 41.4 Å². The molecular formula is C44H48F6N8O6. The summed E-state index contributed by atoms with van der Waals surface area (Å²) in [5, 5.41) is 3.31. The van der Waals surface area contributed by atoms with Crippen LogP contribution in [0.4, 0.5) is 41.7 Å². The Morgan fingerprint density at radius 1 is 1.03 bits per heavy atom. The Balaban J connectivity index is 1.18. The molecule has 8 heterocycles. The number of benzene rings is 2. The number of likely N-dealkylation sites (tertiary alicyclic amines) is 1. The molecule has 2 aromatic carbocycles. The van der Waals surface area contributed by atoms with Crippen LogP contribution in [-0.4, -0.2) is 138 Å². The van der Waals surface area contributed by atoms with Gasteiger partial charge in [0.25, 0.3) is 0 Å². The van der Waals surface area contributed by atoms with E-state index < -0.39 is 72.5 Å². The van der Waals surface area contributed by atoms with Gasteiger partial charge in [0.15, 0.2) is 11.2 Å². The van der Waals surface area contributed by atoms with Crippen LogP contribution in [0.1, 0.15) is 57.4 Å². The summed E-state index contributed by atoms with van der Waals surface area (Å²) in [6.45, 7) is 2.02. The lowest BCUT2D eigenvalue weighted by molar-refractivity contribution is -0.221. The molecule has 20 heteroatoms. The molecule has 0 radical (unpaired) electrons. The van der Waals surface area contributed by atoms with Crippen LogP contribution >= 0.6 is 0 Å². The maximum atomic E-state index is 17.6. The molecule has 0 aliphatic carbocycles.